The summed E-state index contributed by atoms with van der Waals surface area (Å²) >= 11 is 1.84. The molecule has 0 bridgehead atoms. The number of pyridine rings is 1. The number of hydrogen-bond acceptors (Lipinski definition) is 10. The molecule has 4 aliphatic rings. The van der Waals surface area contributed by atoms with Gasteiger partial charge in [0.1, 0.15) is 11.5 Å². The molecule has 1 unspecified atom stereocenters. The molecule has 0 amide bonds. The van der Waals surface area contributed by atoms with E-state index in [0.29, 0.717) is 19.6 Å². The zero-order valence-electron chi connectivity index (χ0n) is 28.5. The number of fused-ring (bicyclic) bond motifs is 2. The van der Waals surface area contributed by atoms with E-state index in [-0.39, 0.29) is 54.2 Å². The van der Waals surface area contributed by atoms with Crippen molar-refractivity contribution in [1.29, 1.82) is 0 Å². The summed E-state index contributed by atoms with van der Waals surface area (Å²) in [7, 11) is 0. The van der Waals surface area contributed by atoms with E-state index in [1.807, 2.05) is 36.3 Å². The highest BCUT2D eigenvalue weighted by molar-refractivity contribution is 8.00. The normalized spacial score (nSPS) is 29.8. The molecule has 266 valence electrons. The maximum absolute atomic E-state index is 10.8. The number of aromatic hydroxyl groups is 1. The molecule has 2 aliphatic heterocycles. The molecule has 1 saturated heterocycles. The van der Waals surface area contributed by atoms with Crippen LogP contribution in [0.5, 0.6) is 11.5 Å². The number of oxime groups is 1. The molecule has 3 heterocycles. The van der Waals surface area contributed by atoms with Crippen LogP contribution in [0.25, 0.3) is 0 Å². The molecule has 2 aromatic rings. The number of thioether (sulfide) groups is 1. The highest BCUT2D eigenvalue weighted by atomic mass is 32.2. The van der Waals surface area contributed by atoms with Crippen molar-refractivity contribution in [2.75, 3.05) is 32.2 Å². The third kappa shape index (κ3) is 8.20. The highest BCUT2D eigenvalue weighted by Gasteiger charge is 2.64. The number of phenolic OH excluding ortho intramolecular Hbond substituents is 1. The van der Waals surface area contributed by atoms with E-state index in [4.69, 9.17) is 24.2 Å². The lowest BCUT2D eigenvalue weighted by Crippen LogP contribution is -2.64. The molecular formula is C39H52N2O7S. The number of aliphatic hydroxyl groups excluding tert-OH is 2. The van der Waals surface area contributed by atoms with Gasteiger partial charge in [0.15, 0.2) is 0 Å². The number of aliphatic hydroxyl groups is 2. The van der Waals surface area contributed by atoms with E-state index < -0.39 is 5.79 Å². The van der Waals surface area contributed by atoms with Gasteiger partial charge in [-0.25, -0.2) is 0 Å². The number of aryl methyl sites for hydroxylation is 1. The van der Waals surface area contributed by atoms with Crippen molar-refractivity contribution in [3.05, 3.63) is 78.2 Å². The second-order valence-corrected chi connectivity index (χ2v) is 15.0. The highest BCUT2D eigenvalue weighted by Crippen LogP contribution is 2.62. The number of allylic oxidation sites excluding steroid dienone is 1. The van der Waals surface area contributed by atoms with Crippen LogP contribution >= 0.6 is 11.8 Å². The molecule has 0 spiro atoms. The number of phenols is 1. The summed E-state index contributed by atoms with van der Waals surface area (Å²) in [5, 5.41) is 35.1. The summed E-state index contributed by atoms with van der Waals surface area (Å²) in [4.78, 5) is 10.4. The Hall–Kier alpha value is -2.89. The van der Waals surface area contributed by atoms with Crippen LogP contribution in [0.4, 0.5) is 0 Å². The van der Waals surface area contributed by atoms with E-state index in [9.17, 15) is 15.3 Å². The van der Waals surface area contributed by atoms with Gasteiger partial charge in [-0.1, -0.05) is 30.1 Å². The van der Waals surface area contributed by atoms with Gasteiger partial charge in [0.25, 0.3) is 0 Å². The first-order valence-electron chi connectivity index (χ1n) is 18.1. The first kappa shape index (κ1) is 35.9. The lowest BCUT2D eigenvalue weighted by Gasteiger charge is -2.58. The summed E-state index contributed by atoms with van der Waals surface area (Å²) in [5.41, 5.74) is 4.18. The Bertz CT molecular complexity index is 1430. The summed E-state index contributed by atoms with van der Waals surface area (Å²) in [6.07, 6.45) is 16.9. The summed E-state index contributed by atoms with van der Waals surface area (Å²) < 4.78 is 20.0. The molecule has 1 aromatic carbocycles. The standard InChI is InChI=1S/C39H52N2O7S/c1-2-21-46-39-35(49-23-16-27-14-17-40-18-15-27)26-33(41-48-36-11-5-8-22-45-36)31-24-28(9-3-6-19-42)30(10-4-7-20-43)37(38(31)39)32-25-29(44)12-13-34(32)47-39/h2,12-15,17-18,24-25,28,30,35-38,42-44H,1,3-11,16,19-23,26H2/t28-,30+,35-,36?,37+,38+,39+/m0/s1. The number of hydrogen-bond donors (Lipinski definition) is 3. The summed E-state index contributed by atoms with van der Waals surface area (Å²) in [5.74, 6) is 0.879. The Morgan fingerprint density at radius 2 is 1.88 bits per heavy atom. The van der Waals surface area contributed by atoms with Crippen LogP contribution in [-0.2, 0) is 20.7 Å². The minimum absolute atomic E-state index is 0.0433. The van der Waals surface area contributed by atoms with Gasteiger partial charge in [-0.2, -0.15) is 11.8 Å². The Balaban J connectivity index is 1.47. The fraction of sp³-hybridized carbons (Fsp3) is 0.590. The lowest BCUT2D eigenvalue weighted by molar-refractivity contribution is -0.223. The third-order valence-corrected chi connectivity index (χ3v) is 11.8. The van der Waals surface area contributed by atoms with Crippen molar-refractivity contribution in [1.82, 2.24) is 4.98 Å². The zero-order chi connectivity index (χ0) is 34.1. The van der Waals surface area contributed by atoms with Gasteiger partial charge in [-0.15, -0.1) is 6.58 Å². The number of rotatable bonds is 17. The van der Waals surface area contributed by atoms with Crippen molar-refractivity contribution in [3.63, 3.8) is 0 Å². The number of benzene rings is 1. The first-order valence-corrected chi connectivity index (χ1v) is 19.2. The summed E-state index contributed by atoms with van der Waals surface area (Å²) in [6.45, 7) is 5.31. The van der Waals surface area contributed by atoms with Crippen LogP contribution < -0.4 is 4.74 Å². The Morgan fingerprint density at radius 1 is 1.06 bits per heavy atom. The van der Waals surface area contributed by atoms with Crippen LogP contribution in [0.3, 0.4) is 0 Å². The minimum Gasteiger partial charge on any atom is -0.508 e. The van der Waals surface area contributed by atoms with E-state index in [1.165, 1.54) is 5.56 Å². The van der Waals surface area contributed by atoms with Crippen LogP contribution in [0.15, 0.2) is 72.2 Å². The monoisotopic (exact) mass is 692 g/mol. The largest absolute Gasteiger partial charge is 0.508 e. The number of nitrogens with zero attached hydrogens (tertiary/aromatic N) is 2. The van der Waals surface area contributed by atoms with Crippen LogP contribution in [0, 0.1) is 17.8 Å². The van der Waals surface area contributed by atoms with Crippen molar-refractivity contribution < 1.29 is 34.4 Å². The number of unbranched alkanes of at least 4 members (excludes halogenated alkanes) is 2. The van der Waals surface area contributed by atoms with Crippen LogP contribution in [0.1, 0.15) is 81.3 Å². The maximum atomic E-state index is 10.8. The van der Waals surface area contributed by atoms with Crippen molar-refractivity contribution >= 4 is 17.5 Å². The SMILES string of the molecule is C=CCO[C@@]12Oc3ccc(O)cc3[C@H]3[C@H](CCCCO)[C@@H](CCCCO)C=C(C(=NOC4CCCCO4)C[C@@H]1SCCc1ccncc1)[C@H]32. The Morgan fingerprint density at radius 3 is 2.63 bits per heavy atom. The van der Waals surface area contributed by atoms with Gasteiger partial charge >= 0.3 is 0 Å². The van der Waals surface area contributed by atoms with E-state index in [0.717, 1.165) is 92.6 Å². The van der Waals surface area contributed by atoms with Gasteiger partial charge in [0, 0.05) is 49.9 Å². The van der Waals surface area contributed by atoms with Gasteiger partial charge in [0.2, 0.25) is 12.1 Å². The molecular weight excluding hydrogens is 641 g/mol. The number of aromatic nitrogens is 1. The average molecular weight is 693 g/mol. The zero-order valence-corrected chi connectivity index (χ0v) is 29.3. The minimum atomic E-state index is -1.02. The van der Waals surface area contributed by atoms with Gasteiger partial charge in [0.05, 0.1) is 30.1 Å². The molecule has 49 heavy (non-hydrogen) atoms. The Kier molecular flexibility index (Phi) is 12.7. The predicted molar refractivity (Wildman–Crippen MR) is 192 cm³/mol. The second-order valence-electron chi connectivity index (χ2n) is 13.6. The van der Waals surface area contributed by atoms with Gasteiger partial charge in [-0.05, 0) is 104 Å². The van der Waals surface area contributed by atoms with Crippen molar-refractivity contribution in [3.8, 4) is 11.5 Å². The van der Waals surface area contributed by atoms with E-state index in [2.05, 4.69) is 29.8 Å². The van der Waals surface area contributed by atoms with Gasteiger partial charge in [-0.3, -0.25) is 4.98 Å². The van der Waals surface area contributed by atoms with Crippen molar-refractivity contribution in [2.45, 2.75) is 93.9 Å². The van der Waals surface area contributed by atoms with Gasteiger partial charge < -0.3 is 34.4 Å². The quantitative estimate of drug-likeness (QED) is 0.0921. The molecule has 2 aliphatic carbocycles. The lowest BCUT2D eigenvalue weighted by atomic mass is 9.56. The molecule has 1 saturated carbocycles. The number of ether oxygens (including phenoxy) is 3. The fourth-order valence-corrected chi connectivity index (χ4v) is 9.68. The Labute approximate surface area is 294 Å². The first-order chi connectivity index (χ1) is 24.1. The van der Waals surface area contributed by atoms with Crippen LogP contribution in [0.2, 0.25) is 0 Å². The molecule has 2 fully saturated rings. The third-order valence-electron chi connectivity index (χ3n) is 10.5. The predicted octanol–water partition coefficient (Wildman–Crippen LogP) is 6.92. The molecule has 9 nitrogen and oxygen atoms in total. The molecule has 1 aromatic heterocycles. The second kappa shape index (κ2) is 17.4. The molecule has 7 atom stereocenters. The molecule has 6 rings (SSSR count). The molecule has 10 heteroatoms. The average Bonchev–Trinajstić information content (AvgIpc) is 3.13. The maximum Gasteiger partial charge on any atom is 0.230 e. The van der Waals surface area contributed by atoms with Crippen molar-refractivity contribution in [2.24, 2.45) is 22.9 Å². The molecule has 3 N–H and O–H groups in total. The van der Waals surface area contributed by atoms with E-state index >= 15 is 0 Å². The van der Waals surface area contributed by atoms with Crippen LogP contribution in [-0.4, -0.2) is 75.5 Å². The smallest absolute Gasteiger partial charge is 0.230 e. The topological polar surface area (TPSA) is 123 Å². The summed E-state index contributed by atoms with van der Waals surface area (Å²) in [6, 6.07) is 9.56. The fourth-order valence-electron chi connectivity index (χ4n) is 8.27. The van der Waals surface area contributed by atoms with E-state index in [1.54, 1.807) is 12.1 Å². The molecule has 0 radical (unpaired) electrons.